The molecule has 0 aliphatic heterocycles. The maximum atomic E-state index is 12.8. The van der Waals surface area contributed by atoms with Crippen molar-refractivity contribution in [2.75, 3.05) is 10.6 Å². The fraction of sp³-hybridized carbons (Fsp3) is 0.238. The Hall–Kier alpha value is -2.88. The van der Waals surface area contributed by atoms with E-state index in [2.05, 4.69) is 22.8 Å². The number of rotatable bonds is 4. The zero-order chi connectivity index (χ0) is 17.2. The van der Waals surface area contributed by atoms with Gasteiger partial charge in [0.1, 0.15) is 0 Å². The van der Waals surface area contributed by atoms with Gasteiger partial charge < -0.3 is 10.6 Å². The molecule has 0 aromatic heterocycles. The Morgan fingerprint density at radius 2 is 1.08 bits per heavy atom. The smallest absolute Gasteiger partial charge is 0.228 e. The Labute approximate surface area is 146 Å². The second-order valence-electron chi connectivity index (χ2n) is 6.71. The molecule has 126 valence electrons. The monoisotopic (exact) mass is 332 g/mol. The van der Waals surface area contributed by atoms with E-state index in [1.807, 2.05) is 60.7 Å². The number of carbonyl (C=O) groups is 2. The van der Waals surface area contributed by atoms with Crippen LogP contribution in [0.5, 0.6) is 0 Å². The highest BCUT2D eigenvalue weighted by Crippen LogP contribution is 2.48. The van der Waals surface area contributed by atoms with E-state index in [0.717, 1.165) is 17.8 Å². The molecule has 4 nitrogen and oxygen atoms in total. The third-order valence-electron chi connectivity index (χ3n) is 5.15. The maximum Gasteiger partial charge on any atom is 0.228 e. The van der Waals surface area contributed by atoms with Crippen LogP contribution in [-0.4, -0.2) is 11.8 Å². The van der Waals surface area contributed by atoms with Gasteiger partial charge in [-0.15, -0.1) is 0 Å². The standard InChI is InChI=1S/C21H20N2O2/c24-20(22-16-7-3-1-4-8-16)18-14-11-12-15(13-14)19(18)21(25)23-17-9-5-2-6-10-17/h1-12,14-15,18-19H,13H2,(H,22,24)(H,23,25)/t14-,15+,18-,19+. The summed E-state index contributed by atoms with van der Waals surface area (Å²) < 4.78 is 0. The number of benzene rings is 2. The van der Waals surface area contributed by atoms with Gasteiger partial charge in [-0.25, -0.2) is 0 Å². The van der Waals surface area contributed by atoms with Gasteiger partial charge in [-0.3, -0.25) is 9.59 Å². The average Bonchev–Trinajstić information content (AvgIpc) is 3.24. The highest BCUT2D eigenvalue weighted by atomic mass is 16.2. The fourth-order valence-electron chi connectivity index (χ4n) is 4.03. The van der Waals surface area contributed by atoms with E-state index in [-0.39, 0.29) is 35.5 Å². The first kappa shape index (κ1) is 15.6. The van der Waals surface area contributed by atoms with Gasteiger partial charge in [-0.05, 0) is 42.5 Å². The summed E-state index contributed by atoms with van der Waals surface area (Å²) in [5.74, 6) is -0.508. The minimum absolute atomic E-state index is 0.0729. The van der Waals surface area contributed by atoms with Gasteiger partial charge >= 0.3 is 0 Å². The third-order valence-corrected chi connectivity index (χ3v) is 5.15. The molecule has 2 aliphatic carbocycles. The quantitative estimate of drug-likeness (QED) is 0.839. The summed E-state index contributed by atoms with van der Waals surface area (Å²) >= 11 is 0. The molecule has 1 fully saturated rings. The third kappa shape index (κ3) is 3.07. The Kier molecular flexibility index (Phi) is 4.10. The predicted octanol–water partition coefficient (Wildman–Crippen LogP) is 3.70. The number of para-hydroxylation sites is 2. The molecule has 0 radical (unpaired) electrons. The molecule has 4 atom stereocenters. The normalized spacial score (nSPS) is 26.4. The average molecular weight is 332 g/mol. The van der Waals surface area contributed by atoms with E-state index in [4.69, 9.17) is 0 Å². The summed E-state index contributed by atoms with van der Waals surface area (Å²) in [7, 11) is 0. The molecule has 2 amide bonds. The van der Waals surface area contributed by atoms with Crippen molar-refractivity contribution in [3.05, 3.63) is 72.8 Å². The first-order valence-electron chi connectivity index (χ1n) is 8.62. The van der Waals surface area contributed by atoms with Crippen molar-refractivity contribution < 1.29 is 9.59 Å². The van der Waals surface area contributed by atoms with E-state index in [0.29, 0.717) is 0 Å². The van der Waals surface area contributed by atoms with Gasteiger partial charge in [-0.1, -0.05) is 48.6 Å². The number of hydrogen-bond donors (Lipinski definition) is 2. The Balaban J connectivity index is 1.52. The molecule has 2 aromatic rings. The van der Waals surface area contributed by atoms with Crippen molar-refractivity contribution in [3.63, 3.8) is 0 Å². The van der Waals surface area contributed by atoms with Crippen molar-refractivity contribution in [1.29, 1.82) is 0 Å². The Morgan fingerprint density at radius 3 is 1.48 bits per heavy atom. The van der Waals surface area contributed by atoms with Crippen LogP contribution in [0.3, 0.4) is 0 Å². The van der Waals surface area contributed by atoms with Crippen LogP contribution in [0.15, 0.2) is 72.8 Å². The van der Waals surface area contributed by atoms with Crippen LogP contribution < -0.4 is 10.6 Å². The minimum atomic E-state index is -0.320. The number of nitrogens with one attached hydrogen (secondary N) is 2. The molecular weight excluding hydrogens is 312 g/mol. The second kappa shape index (κ2) is 6.55. The van der Waals surface area contributed by atoms with Gasteiger partial charge in [-0.2, -0.15) is 0 Å². The highest BCUT2D eigenvalue weighted by Gasteiger charge is 2.51. The lowest BCUT2D eigenvalue weighted by Gasteiger charge is -2.26. The molecule has 2 aromatic carbocycles. The summed E-state index contributed by atoms with van der Waals surface area (Å²) in [6, 6.07) is 18.8. The second-order valence-corrected chi connectivity index (χ2v) is 6.71. The molecule has 4 heteroatoms. The number of anilines is 2. The van der Waals surface area contributed by atoms with E-state index < -0.39 is 0 Å². The molecule has 0 unspecified atom stereocenters. The topological polar surface area (TPSA) is 58.2 Å². The summed E-state index contributed by atoms with van der Waals surface area (Å²) in [4.78, 5) is 25.7. The van der Waals surface area contributed by atoms with Crippen molar-refractivity contribution in [2.45, 2.75) is 6.42 Å². The van der Waals surface area contributed by atoms with Gasteiger partial charge in [0, 0.05) is 11.4 Å². The van der Waals surface area contributed by atoms with Crippen LogP contribution >= 0.6 is 0 Å². The summed E-state index contributed by atoms with van der Waals surface area (Å²) in [6.07, 6.45) is 5.05. The molecule has 1 saturated carbocycles. The van der Waals surface area contributed by atoms with Crippen molar-refractivity contribution in [1.82, 2.24) is 0 Å². The van der Waals surface area contributed by atoms with E-state index in [1.165, 1.54) is 0 Å². The zero-order valence-corrected chi connectivity index (χ0v) is 13.8. The lowest BCUT2D eigenvalue weighted by molar-refractivity contribution is -0.129. The maximum absolute atomic E-state index is 12.8. The summed E-state index contributed by atoms with van der Waals surface area (Å²) in [5.41, 5.74) is 1.53. The molecule has 0 saturated heterocycles. The molecule has 2 bridgehead atoms. The van der Waals surface area contributed by atoms with Gasteiger partial charge in [0.25, 0.3) is 0 Å². The van der Waals surface area contributed by atoms with Crippen molar-refractivity contribution in [2.24, 2.45) is 23.7 Å². The van der Waals surface area contributed by atoms with Crippen LogP contribution in [-0.2, 0) is 9.59 Å². The molecule has 25 heavy (non-hydrogen) atoms. The molecule has 2 N–H and O–H groups in total. The molecular formula is C21H20N2O2. The lowest BCUT2D eigenvalue weighted by atomic mass is 9.81. The van der Waals surface area contributed by atoms with Gasteiger partial charge in [0.05, 0.1) is 11.8 Å². The first-order chi connectivity index (χ1) is 12.2. The SMILES string of the molecule is O=C(Nc1ccccc1)[C@@H]1[C@H](C(=O)Nc2ccccc2)[C@@H]2C=C[C@H]1C2. The highest BCUT2D eigenvalue weighted by molar-refractivity contribution is 6.01. The molecule has 4 rings (SSSR count). The largest absolute Gasteiger partial charge is 0.326 e. The first-order valence-corrected chi connectivity index (χ1v) is 8.62. The van der Waals surface area contributed by atoms with E-state index in [1.54, 1.807) is 0 Å². The van der Waals surface area contributed by atoms with Crippen LogP contribution in [0, 0.1) is 23.7 Å². The lowest BCUT2D eigenvalue weighted by Crippen LogP contribution is -2.39. The van der Waals surface area contributed by atoms with Crippen LogP contribution in [0.25, 0.3) is 0 Å². The van der Waals surface area contributed by atoms with Crippen LogP contribution in [0.4, 0.5) is 11.4 Å². The fourth-order valence-corrected chi connectivity index (χ4v) is 4.03. The number of allylic oxidation sites excluding steroid dienone is 2. The van der Waals surface area contributed by atoms with Crippen LogP contribution in [0.2, 0.25) is 0 Å². The number of carbonyl (C=O) groups excluding carboxylic acids is 2. The number of hydrogen-bond acceptors (Lipinski definition) is 2. The molecule has 0 spiro atoms. The Bertz CT molecular complexity index is 734. The van der Waals surface area contributed by atoms with E-state index >= 15 is 0 Å². The summed E-state index contributed by atoms with van der Waals surface area (Å²) in [5, 5.41) is 5.93. The van der Waals surface area contributed by atoms with Gasteiger partial charge in [0.2, 0.25) is 11.8 Å². The van der Waals surface area contributed by atoms with Gasteiger partial charge in [0.15, 0.2) is 0 Å². The number of fused-ring (bicyclic) bond motifs is 2. The van der Waals surface area contributed by atoms with Crippen molar-refractivity contribution >= 4 is 23.2 Å². The van der Waals surface area contributed by atoms with E-state index in [9.17, 15) is 9.59 Å². The summed E-state index contributed by atoms with van der Waals surface area (Å²) in [6.45, 7) is 0. The van der Waals surface area contributed by atoms with Crippen LogP contribution in [0.1, 0.15) is 6.42 Å². The zero-order valence-electron chi connectivity index (χ0n) is 13.8. The Morgan fingerprint density at radius 1 is 0.680 bits per heavy atom. The predicted molar refractivity (Wildman–Crippen MR) is 97.9 cm³/mol. The molecule has 2 aliphatic rings. The molecule has 0 heterocycles. The number of amides is 2. The van der Waals surface area contributed by atoms with Crippen molar-refractivity contribution in [3.8, 4) is 0 Å². The minimum Gasteiger partial charge on any atom is -0.326 e.